The summed E-state index contributed by atoms with van der Waals surface area (Å²) in [5.74, 6) is 0.0943. The molecule has 0 bridgehead atoms. The topological polar surface area (TPSA) is 103 Å². The number of amides is 3. The predicted molar refractivity (Wildman–Crippen MR) is 106 cm³/mol. The highest BCUT2D eigenvalue weighted by molar-refractivity contribution is 5.97. The lowest BCUT2D eigenvalue weighted by molar-refractivity contribution is -0.156. The first-order valence-electron chi connectivity index (χ1n) is 9.07. The second kappa shape index (κ2) is 11.3. The number of carbonyl (C=O) groups is 3. The molecular formula is C21H24N2O6. The minimum atomic E-state index is -1.22. The van der Waals surface area contributed by atoms with Gasteiger partial charge in [-0.05, 0) is 30.7 Å². The lowest BCUT2D eigenvalue weighted by Gasteiger charge is -2.17. The average molecular weight is 400 g/mol. The van der Waals surface area contributed by atoms with Gasteiger partial charge in [-0.15, -0.1) is 0 Å². The second-order valence-electron chi connectivity index (χ2n) is 5.98. The average Bonchev–Trinajstić information content (AvgIpc) is 2.75. The van der Waals surface area contributed by atoms with Gasteiger partial charge in [-0.2, -0.15) is 0 Å². The van der Waals surface area contributed by atoms with Crippen LogP contribution in [0.15, 0.2) is 54.6 Å². The Kier molecular flexibility index (Phi) is 8.50. The van der Waals surface area contributed by atoms with Crippen molar-refractivity contribution in [1.82, 2.24) is 10.6 Å². The first-order valence-corrected chi connectivity index (χ1v) is 9.07. The zero-order chi connectivity index (χ0) is 21.1. The van der Waals surface area contributed by atoms with Gasteiger partial charge in [-0.25, -0.2) is 4.79 Å². The minimum absolute atomic E-state index is 0.0622. The molecule has 0 aliphatic heterocycles. The summed E-state index contributed by atoms with van der Waals surface area (Å²) in [6, 6.07) is 14.9. The number of hydrogen-bond donors (Lipinski definition) is 2. The van der Waals surface area contributed by atoms with Gasteiger partial charge >= 0.3 is 12.0 Å². The van der Waals surface area contributed by atoms with Gasteiger partial charge in [0.15, 0.2) is 0 Å². The standard InChI is InChI=1S/C21H24N2O6/c1-22-21(26)23-20(25)19(15-7-4-3-5-8-15)29-18(24)9-6-14-28-17-12-10-16(27-2)11-13-17/h3-5,7-8,10-13,19H,6,9,14H2,1-2H3,(H2,22,23,25,26)/t19-/m1/s1. The summed E-state index contributed by atoms with van der Waals surface area (Å²) in [6.45, 7) is 0.307. The molecule has 0 saturated heterocycles. The Balaban J connectivity index is 1.86. The van der Waals surface area contributed by atoms with E-state index in [1.807, 2.05) is 0 Å². The van der Waals surface area contributed by atoms with Gasteiger partial charge < -0.3 is 19.5 Å². The van der Waals surface area contributed by atoms with Crippen LogP contribution >= 0.6 is 0 Å². The van der Waals surface area contributed by atoms with Gasteiger partial charge in [-0.1, -0.05) is 30.3 Å². The normalized spacial score (nSPS) is 11.1. The molecule has 2 rings (SSSR count). The summed E-state index contributed by atoms with van der Waals surface area (Å²) in [4.78, 5) is 36.0. The lowest BCUT2D eigenvalue weighted by atomic mass is 10.1. The summed E-state index contributed by atoms with van der Waals surface area (Å²) >= 11 is 0. The Morgan fingerprint density at radius 1 is 0.966 bits per heavy atom. The van der Waals surface area contributed by atoms with Gasteiger partial charge in [-0.3, -0.25) is 14.9 Å². The Morgan fingerprint density at radius 2 is 1.62 bits per heavy atom. The molecule has 3 amide bonds. The molecule has 1 atom stereocenters. The molecule has 0 aromatic heterocycles. The van der Waals surface area contributed by atoms with Crippen LogP contribution in [0.5, 0.6) is 11.5 Å². The van der Waals surface area contributed by atoms with Crippen molar-refractivity contribution in [3.05, 3.63) is 60.2 Å². The Hall–Kier alpha value is -3.55. The van der Waals surface area contributed by atoms with Crippen molar-refractivity contribution in [2.75, 3.05) is 20.8 Å². The summed E-state index contributed by atoms with van der Waals surface area (Å²) in [7, 11) is 2.97. The minimum Gasteiger partial charge on any atom is -0.497 e. The van der Waals surface area contributed by atoms with E-state index in [4.69, 9.17) is 14.2 Å². The van der Waals surface area contributed by atoms with Crippen LogP contribution < -0.4 is 20.1 Å². The number of nitrogens with one attached hydrogen (secondary N) is 2. The van der Waals surface area contributed by atoms with E-state index >= 15 is 0 Å². The zero-order valence-corrected chi connectivity index (χ0v) is 16.3. The van der Waals surface area contributed by atoms with Crippen LogP contribution in [-0.4, -0.2) is 38.7 Å². The van der Waals surface area contributed by atoms with Crippen molar-refractivity contribution >= 4 is 17.9 Å². The van der Waals surface area contributed by atoms with Crippen LogP contribution in [0.4, 0.5) is 4.79 Å². The van der Waals surface area contributed by atoms with Crippen molar-refractivity contribution in [2.45, 2.75) is 18.9 Å². The molecule has 0 unspecified atom stereocenters. The highest BCUT2D eigenvalue weighted by Crippen LogP contribution is 2.19. The molecule has 8 nitrogen and oxygen atoms in total. The fraction of sp³-hybridized carbons (Fsp3) is 0.286. The molecule has 0 radical (unpaired) electrons. The van der Waals surface area contributed by atoms with Gasteiger partial charge in [0.25, 0.3) is 5.91 Å². The van der Waals surface area contributed by atoms with E-state index in [0.717, 1.165) is 5.75 Å². The Bertz CT molecular complexity index is 808. The molecule has 8 heteroatoms. The largest absolute Gasteiger partial charge is 0.497 e. The highest BCUT2D eigenvalue weighted by atomic mass is 16.5. The highest BCUT2D eigenvalue weighted by Gasteiger charge is 2.26. The molecule has 0 spiro atoms. The molecule has 2 aromatic carbocycles. The number of urea groups is 1. The van der Waals surface area contributed by atoms with Crippen molar-refractivity contribution in [3.8, 4) is 11.5 Å². The molecule has 154 valence electrons. The van der Waals surface area contributed by atoms with E-state index in [1.54, 1.807) is 61.7 Å². The molecule has 0 fully saturated rings. The molecule has 2 aromatic rings. The monoisotopic (exact) mass is 400 g/mol. The molecular weight excluding hydrogens is 376 g/mol. The van der Waals surface area contributed by atoms with Crippen LogP contribution in [0.2, 0.25) is 0 Å². The Labute approximate surface area is 169 Å². The second-order valence-corrected chi connectivity index (χ2v) is 5.98. The zero-order valence-electron chi connectivity index (χ0n) is 16.3. The summed E-state index contributed by atoms with van der Waals surface area (Å²) in [5.41, 5.74) is 0.469. The molecule has 0 aliphatic carbocycles. The van der Waals surface area contributed by atoms with E-state index in [-0.39, 0.29) is 6.42 Å². The predicted octanol–water partition coefficient (Wildman–Crippen LogP) is 2.59. The maximum absolute atomic E-state index is 12.3. The quantitative estimate of drug-likeness (QED) is 0.495. The maximum Gasteiger partial charge on any atom is 0.321 e. The van der Waals surface area contributed by atoms with Crippen LogP contribution in [-0.2, 0) is 14.3 Å². The fourth-order valence-corrected chi connectivity index (χ4v) is 2.41. The number of rotatable bonds is 9. The lowest BCUT2D eigenvalue weighted by Crippen LogP contribution is -2.41. The number of benzene rings is 2. The summed E-state index contributed by atoms with van der Waals surface area (Å²) in [6.07, 6.45) is -0.751. The number of esters is 1. The first-order chi connectivity index (χ1) is 14.0. The van der Waals surface area contributed by atoms with E-state index in [1.165, 1.54) is 7.05 Å². The van der Waals surface area contributed by atoms with Crippen LogP contribution in [0.3, 0.4) is 0 Å². The van der Waals surface area contributed by atoms with Crippen molar-refractivity contribution in [2.24, 2.45) is 0 Å². The van der Waals surface area contributed by atoms with E-state index in [0.29, 0.717) is 24.3 Å². The first kappa shape index (κ1) is 21.7. The van der Waals surface area contributed by atoms with Crippen molar-refractivity contribution in [1.29, 1.82) is 0 Å². The third-order valence-electron chi connectivity index (χ3n) is 3.91. The smallest absolute Gasteiger partial charge is 0.321 e. The molecule has 0 saturated carbocycles. The van der Waals surface area contributed by atoms with Crippen molar-refractivity contribution < 1.29 is 28.6 Å². The fourth-order valence-electron chi connectivity index (χ4n) is 2.41. The molecule has 0 aliphatic rings. The van der Waals surface area contributed by atoms with Crippen LogP contribution in [0, 0.1) is 0 Å². The van der Waals surface area contributed by atoms with Gasteiger partial charge in [0.2, 0.25) is 6.10 Å². The number of imide groups is 1. The van der Waals surface area contributed by atoms with E-state index < -0.39 is 24.0 Å². The van der Waals surface area contributed by atoms with Gasteiger partial charge in [0.1, 0.15) is 11.5 Å². The molecule has 29 heavy (non-hydrogen) atoms. The third kappa shape index (κ3) is 7.17. The number of ether oxygens (including phenoxy) is 3. The molecule has 2 N–H and O–H groups in total. The number of carbonyl (C=O) groups excluding carboxylic acids is 3. The SMILES string of the molecule is CNC(=O)NC(=O)[C@H](OC(=O)CCCOc1ccc(OC)cc1)c1ccccc1. The van der Waals surface area contributed by atoms with E-state index in [9.17, 15) is 14.4 Å². The summed E-state index contributed by atoms with van der Waals surface area (Å²) in [5, 5.41) is 4.41. The summed E-state index contributed by atoms with van der Waals surface area (Å²) < 4.78 is 16.0. The molecule has 0 heterocycles. The van der Waals surface area contributed by atoms with E-state index in [2.05, 4.69) is 10.6 Å². The number of hydrogen-bond acceptors (Lipinski definition) is 6. The third-order valence-corrected chi connectivity index (χ3v) is 3.91. The van der Waals surface area contributed by atoms with Gasteiger partial charge in [0.05, 0.1) is 13.7 Å². The maximum atomic E-state index is 12.3. The van der Waals surface area contributed by atoms with Crippen LogP contribution in [0.25, 0.3) is 0 Å². The van der Waals surface area contributed by atoms with Gasteiger partial charge in [0, 0.05) is 19.0 Å². The van der Waals surface area contributed by atoms with Crippen molar-refractivity contribution in [3.63, 3.8) is 0 Å². The Morgan fingerprint density at radius 3 is 2.24 bits per heavy atom. The number of methoxy groups -OCH3 is 1. The van der Waals surface area contributed by atoms with Crippen LogP contribution in [0.1, 0.15) is 24.5 Å².